The van der Waals surface area contributed by atoms with Crippen LogP contribution in [-0.4, -0.2) is 20.2 Å². The Bertz CT molecular complexity index is 981. The maximum Gasteiger partial charge on any atom is 0.274 e. The average Bonchev–Trinajstić information content (AvgIpc) is 2.82. The average molecular weight is 328 g/mol. The molecule has 0 saturated heterocycles. The number of carbonyl (C=O) groups is 1. The SMILES string of the molecule is Cc1cc(NC(=O)c2c(C)nc3ccc(F)cn23)ccc1[N+](=O)[O-]. The molecule has 0 fully saturated rings. The number of benzene rings is 1. The van der Waals surface area contributed by atoms with Crippen LogP contribution in [0.3, 0.4) is 0 Å². The van der Waals surface area contributed by atoms with Gasteiger partial charge in [0, 0.05) is 23.5 Å². The van der Waals surface area contributed by atoms with Crippen LogP contribution >= 0.6 is 0 Å². The molecule has 2 aromatic heterocycles. The lowest BCUT2D eigenvalue weighted by Crippen LogP contribution is -2.16. The lowest BCUT2D eigenvalue weighted by atomic mass is 10.2. The molecule has 122 valence electrons. The normalized spacial score (nSPS) is 10.8. The number of carbonyl (C=O) groups excluding carboxylic acids is 1. The number of nitro benzene ring substituents is 1. The van der Waals surface area contributed by atoms with Gasteiger partial charge in [-0.05, 0) is 38.1 Å². The van der Waals surface area contributed by atoms with Crippen LogP contribution in [-0.2, 0) is 0 Å². The second kappa shape index (κ2) is 5.73. The van der Waals surface area contributed by atoms with Crippen LogP contribution in [0.25, 0.3) is 5.65 Å². The van der Waals surface area contributed by atoms with Crippen LogP contribution in [0.15, 0.2) is 36.5 Å². The first-order chi connectivity index (χ1) is 11.4. The first-order valence-electron chi connectivity index (χ1n) is 7.07. The smallest absolute Gasteiger partial charge is 0.274 e. The van der Waals surface area contributed by atoms with Crippen molar-refractivity contribution in [3.05, 3.63) is 69.4 Å². The molecule has 0 aliphatic carbocycles. The van der Waals surface area contributed by atoms with E-state index in [2.05, 4.69) is 10.3 Å². The number of nitro groups is 1. The number of aryl methyl sites for hydroxylation is 2. The van der Waals surface area contributed by atoms with Crippen LogP contribution in [0, 0.1) is 29.8 Å². The van der Waals surface area contributed by atoms with E-state index in [-0.39, 0.29) is 11.4 Å². The number of aromatic nitrogens is 2. The van der Waals surface area contributed by atoms with Crippen molar-refractivity contribution in [2.24, 2.45) is 0 Å². The summed E-state index contributed by atoms with van der Waals surface area (Å²) in [6, 6.07) is 7.03. The molecule has 1 amide bonds. The monoisotopic (exact) mass is 328 g/mol. The maximum atomic E-state index is 13.4. The van der Waals surface area contributed by atoms with Gasteiger partial charge >= 0.3 is 0 Å². The van der Waals surface area contributed by atoms with E-state index >= 15 is 0 Å². The van der Waals surface area contributed by atoms with Gasteiger partial charge in [-0.2, -0.15) is 0 Å². The number of hydrogen-bond acceptors (Lipinski definition) is 4. The summed E-state index contributed by atoms with van der Waals surface area (Å²) >= 11 is 0. The molecule has 0 atom stereocenters. The molecule has 0 aliphatic rings. The van der Waals surface area contributed by atoms with Crippen LogP contribution in [0.4, 0.5) is 15.8 Å². The highest BCUT2D eigenvalue weighted by Gasteiger charge is 2.18. The van der Waals surface area contributed by atoms with Gasteiger partial charge in [-0.25, -0.2) is 9.37 Å². The second-order valence-corrected chi connectivity index (χ2v) is 5.33. The van der Waals surface area contributed by atoms with E-state index in [1.807, 2.05) is 0 Å². The number of halogens is 1. The fraction of sp³-hybridized carbons (Fsp3) is 0.125. The van der Waals surface area contributed by atoms with E-state index in [0.29, 0.717) is 22.6 Å². The van der Waals surface area contributed by atoms with E-state index in [4.69, 9.17) is 0 Å². The maximum absolute atomic E-state index is 13.4. The molecule has 1 aromatic carbocycles. The predicted molar refractivity (Wildman–Crippen MR) is 85.7 cm³/mol. The van der Waals surface area contributed by atoms with Gasteiger partial charge in [-0.1, -0.05) is 0 Å². The molecule has 3 aromatic rings. The third-order valence-electron chi connectivity index (χ3n) is 3.62. The molecule has 1 N–H and O–H groups in total. The fourth-order valence-electron chi connectivity index (χ4n) is 2.54. The molecule has 7 nitrogen and oxygen atoms in total. The summed E-state index contributed by atoms with van der Waals surface area (Å²) in [6.45, 7) is 3.24. The van der Waals surface area contributed by atoms with E-state index < -0.39 is 16.6 Å². The number of amides is 1. The quantitative estimate of drug-likeness (QED) is 0.590. The van der Waals surface area contributed by atoms with E-state index in [1.54, 1.807) is 13.8 Å². The van der Waals surface area contributed by atoms with Crippen molar-refractivity contribution in [2.45, 2.75) is 13.8 Å². The van der Waals surface area contributed by atoms with Gasteiger partial charge in [0.05, 0.1) is 10.6 Å². The number of fused-ring (bicyclic) bond motifs is 1. The zero-order valence-corrected chi connectivity index (χ0v) is 12.9. The van der Waals surface area contributed by atoms with Crippen molar-refractivity contribution in [1.82, 2.24) is 9.38 Å². The van der Waals surface area contributed by atoms with E-state index in [0.717, 1.165) is 0 Å². The minimum absolute atomic E-state index is 0.0268. The first kappa shape index (κ1) is 15.6. The van der Waals surface area contributed by atoms with Gasteiger partial charge in [-0.15, -0.1) is 0 Å². The van der Waals surface area contributed by atoms with Crippen molar-refractivity contribution in [2.75, 3.05) is 5.32 Å². The minimum atomic E-state index is -0.488. The second-order valence-electron chi connectivity index (χ2n) is 5.33. The Morgan fingerprint density at radius 3 is 2.71 bits per heavy atom. The highest BCUT2D eigenvalue weighted by molar-refractivity contribution is 6.04. The zero-order valence-electron chi connectivity index (χ0n) is 12.9. The summed E-state index contributed by atoms with van der Waals surface area (Å²) in [7, 11) is 0. The highest BCUT2D eigenvalue weighted by atomic mass is 19.1. The van der Waals surface area contributed by atoms with Crippen molar-refractivity contribution < 1.29 is 14.1 Å². The molecule has 0 radical (unpaired) electrons. The molecule has 0 saturated carbocycles. The van der Waals surface area contributed by atoms with Gasteiger partial charge in [0.2, 0.25) is 0 Å². The van der Waals surface area contributed by atoms with Crippen LogP contribution < -0.4 is 5.32 Å². The van der Waals surface area contributed by atoms with Crippen LogP contribution in [0.1, 0.15) is 21.7 Å². The molecule has 0 bridgehead atoms. The van der Waals surface area contributed by atoms with Gasteiger partial charge in [0.25, 0.3) is 11.6 Å². The number of hydrogen-bond donors (Lipinski definition) is 1. The molecule has 8 heteroatoms. The molecule has 24 heavy (non-hydrogen) atoms. The van der Waals surface area contributed by atoms with Gasteiger partial charge in [0.1, 0.15) is 17.2 Å². The molecule has 0 spiro atoms. The lowest BCUT2D eigenvalue weighted by molar-refractivity contribution is -0.385. The third kappa shape index (κ3) is 2.69. The van der Waals surface area contributed by atoms with Crippen LogP contribution in [0.5, 0.6) is 0 Å². The summed E-state index contributed by atoms with van der Waals surface area (Å²) in [5.74, 6) is -0.959. The molecule has 3 rings (SSSR count). The summed E-state index contributed by atoms with van der Waals surface area (Å²) in [6.07, 6.45) is 1.19. The number of nitrogens with one attached hydrogen (secondary N) is 1. The molecule has 0 aliphatic heterocycles. The Balaban J connectivity index is 1.96. The summed E-state index contributed by atoms with van der Waals surface area (Å²) in [4.78, 5) is 27.1. The van der Waals surface area contributed by atoms with Crippen molar-refractivity contribution >= 4 is 22.9 Å². The molecule has 2 heterocycles. The fourth-order valence-corrected chi connectivity index (χ4v) is 2.54. The van der Waals surface area contributed by atoms with E-state index in [1.165, 1.54) is 40.9 Å². The molecular formula is C16H13FN4O3. The van der Waals surface area contributed by atoms with Gasteiger partial charge in [-0.3, -0.25) is 19.3 Å². The minimum Gasteiger partial charge on any atom is -0.321 e. The first-order valence-corrected chi connectivity index (χ1v) is 7.07. The van der Waals surface area contributed by atoms with Gasteiger partial charge in [0.15, 0.2) is 0 Å². The zero-order chi connectivity index (χ0) is 17.4. The number of rotatable bonds is 3. The standard InChI is InChI=1S/C16H13FN4O3/c1-9-7-12(4-5-13(9)21(23)24)19-16(22)15-10(2)18-14-6-3-11(17)8-20(14)15/h3-8H,1-2H3,(H,19,22). The number of pyridine rings is 1. The Morgan fingerprint density at radius 1 is 1.29 bits per heavy atom. The summed E-state index contributed by atoms with van der Waals surface area (Å²) < 4.78 is 14.8. The Hall–Kier alpha value is -3.29. The summed E-state index contributed by atoms with van der Waals surface area (Å²) in [5, 5.41) is 13.5. The van der Waals surface area contributed by atoms with Crippen LogP contribution in [0.2, 0.25) is 0 Å². The lowest BCUT2D eigenvalue weighted by Gasteiger charge is -2.07. The Kier molecular flexibility index (Phi) is 3.72. The number of anilines is 1. The van der Waals surface area contributed by atoms with Crippen molar-refractivity contribution in [3.63, 3.8) is 0 Å². The van der Waals surface area contributed by atoms with Crippen molar-refractivity contribution in [1.29, 1.82) is 0 Å². The molecule has 0 unspecified atom stereocenters. The molecular weight excluding hydrogens is 315 g/mol. The van der Waals surface area contributed by atoms with Gasteiger partial charge < -0.3 is 5.32 Å². The topological polar surface area (TPSA) is 89.5 Å². The Labute approximate surface area is 135 Å². The number of imidazole rings is 1. The van der Waals surface area contributed by atoms with E-state index in [9.17, 15) is 19.3 Å². The predicted octanol–water partition coefficient (Wildman–Crippen LogP) is 3.25. The highest BCUT2D eigenvalue weighted by Crippen LogP contribution is 2.22. The van der Waals surface area contributed by atoms with Crippen molar-refractivity contribution in [3.8, 4) is 0 Å². The number of nitrogens with zero attached hydrogens (tertiary/aromatic N) is 3. The largest absolute Gasteiger partial charge is 0.321 e. The third-order valence-corrected chi connectivity index (χ3v) is 3.62. The summed E-state index contributed by atoms with van der Waals surface area (Å²) in [5.41, 5.74) is 1.93. The Morgan fingerprint density at radius 2 is 2.04 bits per heavy atom.